The molecule has 0 spiro atoms. The van der Waals surface area contributed by atoms with Crippen LogP contribution in [0.3, 0.4) is 0 Å². The minimum Gasteiger partial charge on any atom is -0.313 e. The molecule has 19 heavy (non-hydrogen) atoms. The molecule has 0 bridgehead atoms. The molecule has 0 saturated heterocycles. The van der Waals surface area contributed by atoms with E-state index in [9.17, 15) is 0 Å². The van der Waals surface area contributed by atoms with Gasteiger partial charge in [-0.3, -0.25) is 4.68 Å². The standard InChI is InChI=1S/C15H20ClN3/c1-4-15(17-3)13-8-18-19(10-13)9-12-6-5-11(2)7-14(12)16/h5-8,10,15,17H,4,9H2,1-3H3. The van der Waals surface area contributed by atoms with Crippen LogP contribution in [0.2, 0.25) is 5.02 Å². The number of nitrogens with one attached hydrogen (secondary N) is 1. The van der Waals surface area contributed by atoms with E-state index >= 15 is 0 Å². The van der Waals surface area contributed by atoms with E-state index in [1.54, 1.807) is 0 Å². The van der Waals surface area contributed by atoms with Crippen molar-refractivity contribution in [1.82, 2.24) is 15.1 Å². The summed E-state index contributed by atoms with van der Waals surface area (Å²) in [4.78, 5) is 0. The highest BCUT2D eigenvalue weighted by atomic mass is 35.5. The molecule has 2 rings (SSSR count). The first-order chi connectivity index (χ1) is 9.13. The predicted octanol–water partition coefficient (Wildman–Crippen LogP) is 3.56. The second kappa shape index (κ2) is 6.22. The molecule has 0 amide bonds. The van der Waals surface area contributed by atoms with Gasteiger partial charge in [0.2, 0.25) is 0 Å². The quantitative estimate of drug-likeness (QED) is 0.906. The smallest absolute Gasteiger partial charge is 0.0674 e. The minimum atomic E-state index is 0.363. The summed E-state index contributed by atoms with van der Waals surface area (Å²) in [5.74, 6) is 0. The number of aryl methyl sites for hydroxylation is 1. The van der Waals surface area contributed by atoms with Crippen molar-refractivity contribution in [2.45, 2.75) is 32.9 Å². The van der Waals surface area contributed by atoms with E-state index in [4.69, 9.17) is 11.6 Å². The van der Waals surface area contributed by atoms with E-state index in [0.29, 0.717) is 12.6 Å². The van der Waals surface area contributed by atoms with Gasteiger partial charge in [-0.1, -0.05) is 30.7 Å². The van der Waals surface area contributed by atoms with Crippen LogP contribution in [0.1, 0.15) is 36.1 Å². The largest absolute Gasteiger partial charge is 0.313 e. The number of benzene rings is 1. The third-order valence-corrected chi connectivity index (χ3v) is 3.71. The van der Waals surface area contributed by atoms with Gasteiger partial charge in [0.05, 0.1) is 12.7 Å². The lowest BCUT2D eigenvalue weighted by atomic mass is 10.1. The number of rotatable bonds is 5. The Morgan fingerprint density at radius 2 is 2.21 bits per heavy atom. The molecule has 1 N–H and O–H groups in total. The average molecular weight is 278 g/mol. The molecule has 0 aliphatic carbocycles. The van der Waals surface area contributed by atoms with Crippen molar-refractivity contribution in [3.05, 3.63) is 52.3 Å². The van der Waals surface area contributed by atoms with Crippen LogP contribution in [0, 0.1) is 6.92 Å². The average Bonchev–Trinajstić information content (AvgIpc) is 2.83. The Morgan fingerprint density at radius 1 is 1.42 bits per heavy atom. The van der Waals surface area contributed by atoms with Gasteiger partial charge >= 0.3 is 0 Å². The highest BCUT2D eigenvalue weighted by Crippen LogP contribution is 2.20. The molecule has 1 heterocycles. The highest BCUT2D eigenvalue weighted by Gasteiger charge is 2.09. The number of nitrogens with zero attached hydrogens (tertiary/aromatic N) is 2. The molecule has 102 valence electrons. The van der Waals surface area contributed by atoms with E-state index in [-0.39, 0.29) is 0 Å². The van der Waals surface area contributed by atoms with Gasteiger partial charge in [0.15, 0.2) is 0 Å². The maximum atomic E-state index is 6.25. The molecule has 1 atom stereocenters. The fourth-order valence-corrected chi connectivity index (χ4v) is 2.50. The molecule has 0 saturated carbocycles. The van der Waals surface area contributed by atoms with Crippen LogP contribution in [0.15, 0.2) is 30.6 Å². The Bertz CT molecular complexity index is 544. The topological polar surface area (TPSA) is 29.9 Å². The Hall–Kier alpha value is -1.32. The zero-order valence-corrected chi connectivity index (χ0v) is 12.4. The molecule has 1 aromatic carbocycles. The first kappa shape index (κ1) is 14.1. The van der Waals surface area contributed by atoms with Gasteiger partial charge in [-0.05, 0) is 37.6 Å². The molecule has 0 fully saturated rings. The molecular weight excluding hydrogens is 258 g/mol. The molecule has 2 aromatic rings. The second-order valence-corrected chi connectivity index (χ2v) is 5.22. The van der Waals surface area contributed by atoms with Crippen LogP contribution in [-0.2, 0) is 6.54 Å². The van der Waals surface area contributed by atoms with E-state index in [1.807, 2.05) is 30.9 Å². The van der Waals surface area contributed by atoms with Gasteiger partial charge in [-0.15, -0.1) is 0 Å². The highest BCUT2D eigenvalue weighted by molar-refractivity contribution is 6.31. The molecule has 1 unspecified atom stereocenters. The maximum Gasteiger partial charge on any atom is 0.0674 e. The van der Waals surface area contributed by atoms with Gasteiger partial charge in [0.1, 0.15) is 0 Å². The summed E-state index contributed by atoms with van der Waals surface area (Å²) in [7, 11) is 1.97. The predicted molar refractivity (Wildman–Crippen MR) is 79.6 cm³/mol. The maximum absolute atomic E-state index is 6.25. The SMILES string of the molecule is CCC(NC)c1cnn(Cc2ccc(C)cc2Cl)c1. The minimum absolute atomic E-state index is 0.363. The van der Waals surface area contributed by atoms with Gasteiger partial charge in [0.25, 0.3) is 0 Å². The van der Waals surface area contributed by atoms with E-state index < -0.39 is 0 Å². The summed E-state index contributed by atoms with van der Waals surface area (Å²) in [6.07, 6.45) is 5.06. The van der Waals surface area contributed by atoms with Crippen molar-refractivity contribution in [1.29, 1.82) is 0 Å². The third kappa shape index (κ3) is 3.37. The van der Waals surface area contributed by atoms with Gasteiger partial charge in [-0.25, -0.2) is 0 Å². The van der Waals surface area contributed by atoms with Gasteiger partial charge in [-0.2, -0.15) is 5.10 Å². The van der Waals surface area contributed by atoms with Crippen LogP contribution >= 0.6 is 11.6 Å². The zero-order valence-electron chi connectivity index (χ0n) is 11.7. The Kier molecular flexibility index (Phi) is 4.61. The summed E-state index contributed by atoms with van der Waals surface area (Å²) >= 11 is 6.25. The number of halogens is 1. The van der Waals surface area contributed by atoms with E-state index in [0.717, 1.165) is 17.0 Å². The van der Waals surface area contributed by atoms with Crippen molar-refractivity contribution in [2.75, 3.05) is 7.05 Å². The Morgan fingerprint density at radius 3 is 2.84 bits per heavy atom. The first-order valence-corrected chi connectivity index (χ1v) is 6.96. The molecule has 4 heteroatoms. The second-order valence-electron chi connectivity index (χ2n) is 4.82. The van der Waals surface area contributed by atoms with E-state index in [1.165, 1.54) is 11.1 Å². The van der Waals surface area contributed by atoms with Gasteiger partial charge < -0.3 is 5.32 Å². The molecule has 0 aliphatic rings. The Labute approximate surface area is 119 Å². The summed E-state index contributed by atoms with van der Waals surface area (Å²) < 4.78 is 1.94. The van der Waals surface area contributed by atoms with Crippen molar-refractivity contribution < 1.29 is 0 Å². The van der Waals surface area contributed by atoms with Crippen molar-refractivity contribution in [3.63, 3.8) is 0 Å². The summed E-state index contributed by atoms with van der Waals surface area (Å²) in [6, 6.07) is 6.49. The lowest BCUT2D eigenvalue weighted by Crippen LogP contribution is -2.14. The normalized spacial score (nSPS) is 12.6. The van der Waals surface area contributed by atoms with Crippen LogP contribution in [-0.4, -0.2) is 16.8 Å². The van der Waals surface area contributed by atoms with Crippen LogP contribution < -0.4 is 5.32 Å². The van der Waals surface area contributed by atoms with Crippen LogP contribution in [0.25, 0.3) is 0 Å². The summed E-state index contributed by atoms with van der Waals surface area (Å²) in [5.41, 5.74) is 3.49. The lowest BCUT2D eigenvalue weighted by Gasteiger charge is -2.10. The van der Waals surface area contributed by atoms with Crippen LogP contribution in [0.5, 0.6) is 0 Å². The van der Waals surface area contributed by atoms with Crippen LogP contribution in [0.4, 0.5) is 0 Å². The molecule has 3 nitrogen and oxygen atoms in total. The first-order valence-electron chi connectivity index (χ1n) is 6.58. The summed E-state index contributed by atoms with van der Waals surface area (Å²) in [5, 5.41) is 8.50. The van der Waals surface area contributed by atoms with E-state index in [2.05, 4.69) is 35.7 Å². The molecule has 1 aromatic heterocycles. The van der Waals surface area contributed by atoms with Gasteiger partial charge in [0, 0.05) is 22.8 Å². The molecule has 0 radical (unpaired) electrons. The Balaban J connectivity index is 2.15. The van der Waals surface area contributed by atoms with Crippen molar-refractivity contribution >= 4 is 11.6 Å². The fourth-order valence-electron chi connectivity index (χ4n) is 2.21. The zero-order chi connectivity index (χ0) is 13.8. The van der Waals surface area contributed by atoms with Crippen molar-refractivity contribution in [3.8, 4) is 0 Å². The summed E-state index contributed by atoms with van der Waals surface area (Å²) in [6.45, 7) is 4.91. The fraction of sp³-hybridized carbons (Fsp3) is 0.400. The number of hydrogen-bond acceptors (Lipinski definition) is 2. The third-order valence-electron chi connectivity index (χ3n) is 3.35. The molecular formula is C15H20ClN3. The van der Waals surface area contributed by atoms with Crippen molar-refractivity contribution in [2.24, 2.45) is 0 Å². The monoisotopic (exact) mass is 277 g/mol. The number of hydrogen-bond donors (Lipinski definition) is 1. The lowest BCUT2D eigenvalue weighted by molar-refractivity contribution is 0.575. The number of aromatic nitrogens is 2. The molecule has 0 aliphatic heterocycles.